The lowest BCUT2D eigenvalue weighted by Crippen LogP contribution is -2.71. The highest BCUT2D eigenvalue weighted by atomic mass is 16.2. The zero-order chi connectivity index (χ0) is 14.0. The second-order valence-corrected chi connectivity index (χ2v) is 5.95. The molecular weight excluding hydrogens is 236 g/mol. The molecule has 104 valence electrons. The Kier molecular flexibility index (Phi) is 3.95. The predicted molar refractivity (Wildman–Crippen MR) is 77.8 cm³/mol. The number of nitrogens with zero attached hydrogens (tertiary/aromatic N) is 1. The fourth-order valence-corrected chi connectivity index (χ4v) is 2.64. The molecule has 0 aromatic heterocycles. The van der Waals surface area contributed by atoms with E-state index in [-0.39, 0.29) is 17.4 Å². The van der Waals surface area contributed by atoms with Crippen LogP contribution in [0.1, 0.15) is 38.7 Å². The molecule has 0 spiro atoms. The zero-order valence-electron chi connectivity index (χ0n) is 12.1. The van der Waals surface area contributed by atoms with Crippen LogP contribution in [-0.2, 0) is 4.79 Å². The number of hydrogen-bond donors (Lipinski definition) is 1. The highest BCUT2D eigenvalue weighted by Gasteiger charge is 2.45. The van der Waals surface area contributed by atoms with Crippen LogP contribution in [0.4, 0.5) is 0 Å². The lowest BCUT2D eigenvalue weighted by atomic mass is 9.79. The monoisotopic (exact) mass is 260 g/mol. The number of nitrogens with two attached hydrogens (primary N) is 1. The summed E-state index contributed by atoms with van der Waals surface area (Å²) in [7, 11) is 0. The molecule has 1 amide bonds. The van der Waals surface area contributed by atoms with Crippen LogP contribution in [0.2, 0.25) is 0 Å². The summed E-state index contributed by atoms with van der Waals surface area (Å²) in [6.45, 7) is 7.68. The summed E-state index contributed by atoms with van der Waals surface area (Å²) >= 11 is 0. The van der Waals surface area contributed by atoms with E-state index in [0.29, 0.717) is 19.0 Å². The normalized spacial score (nSPS) is 19.1. The molecule has 3 heteroatoms. The molecule has 1 aromatic carbocycles. The van der Waals surface area contributed by atoms with E-state index in [1.807, 2.05) is 35.2 Å². The first-order valence-electron chi connectivity index (χ1n) is 7.10. The van der Waals surface area contributed by atoms with Crippen molar-refractivity contribution in [2.24, 2.45) is 11.7 Å². The van der Waals surface area contributed by atoms with Crippen molar-refractivity contribution in [3.05, 3.63) is 35.9 Å². The second-order valence-electron chi connectivity index (χ2n) is 5.95. The summed E-state index contributed by atoms with van der Waals surface area (Å²) in [6, 6.07) is 10.0. The number of benzene rings is 1. The Morgan fingerprint density at radius 3 is 2.37 bits per heavy atom. The Morgan fingerprint density at radius 1 is 1.32 bits per heavy atom. The highest BCUT2D eigenvalue weighted by Crippen LogP contribution is 2.30. The topological polar surface area (TPSA) is 46.3 Å². The maximum atomic E-state index is 12.5. The number of carbonyl (C=O) groups excluding carboxylic acids is 1. The smallest absolute Gasteiger partial charge is 0.230 e. The lowest BCUT2D eigenvalue weighted by Gasteiger charge is -2.51. The highest BCUT2D eigenvalue weighted by molar-refractivity contribution is 5.84. The molecule has 1 atom stereocenters. The fraction of sp³-hybridized carbons (Fsp3) is 0.562. The molecule has 1 heterocycles. The van der Waals surface area contributed by atoms with Crippen molar-refractivity contribution in [2.75, 3.05) is 13.1 Å². The largest absolute Gasteiger partial charge is 0.338 e. The number of carbonyl (C=O) groups is 1. The molecule has 2 N–H and O–H groups in total. The molecule has 2 rings (SSSR count). The van der Waals surface area contributed by atoms with Gasteiger partial charge in [0.2, 0.25) is 5.91 Å². The van der Waals surface area contributed by atoms with E-state index in [0.717, 1.165) is 12.0 Å². The van der Waals surface area contributed by atoms with Crippen LogP contribution in [0.15, 0.2) is 30.3 Å². The molecule has 0 aliphatic carbocycles. The third-order valence-electron chi connectivity index (χ3n) is 4.34. The van der Waals surface area contributed by atoms with Crippen LogP contribution in [0.3, 0.4) is 0 Å². The molecule has 19 heavy (non-hydrogen) atoms. The van der Waals surface area contributed by atoms with Gasteiger partial charge in [-0.3, -0.25) is 4.79 Å². The average Bonchev–Trinajstić information content (AvgIpc) is 2.36. The van der Waals surface area contributed by atoms with Gasteiger partial charge in [-0.2, -0.15) is 0 Å². The first-order valence-corrected chi connectivity index (χ1v) is 7.10. The Morgan fingerprint density at radius 2 is 1.89 bits per heavy atom. The molecule has 1 fully saturated rings. The Balaban J connectivity index is 2.04. The number of amides is 1. The summed E-state index contributed by atoms with van der Waals surface area (Å²) < 4.78 is 0. The Hall–Kier alpha value is -1.35. The van der Waals surface area contributed by atoms with Crippen LogP contribution in [0.5, 0.6) is 0 Å². The van der Waals surface area contributed by atoms with Gasteiger partial charge in [0.15, 0.2) is 0 Å². The molecule has 1 aromatic rings. The van der Waals surface area contributed by atoms with Crippen molar-refractivity contribution >= 4 is 5.91 Å². The maximum absolute atomic E-state index is 12.5. The molecule has 1 saturated heterocycles. The summed E-state index contributed by atoms with van der Waals surface area (Å²) in [5.41, 5.74) is 7.18. The molecule has 1 aliphatic heterocycles. The van der Waals surface area contributed by atoms with Gasteiger partial charge in [-0.15, -0.1) is 0 Å². The van der Waals surface area contributed by atoms with Crippen molar-refractivity contribution in [3.8, 4) is 0 Å². The first kappa shape index (κ1) is 14.1. The molecule has 0 radical (unpaired) electrons. The number of hydrogen-bond acceptors (Lipinski definition) is 2. The van der Waals surface area contributed by atoms with Gasteiger partial charge in [0.1, 0.15) is 0 Å². The quantitative estimate of drug-likeness (QED) is 0.903. The summed E-state index contributed by atoms with van der Waals surface area (Å²) in [5, 5.41) is 0. The van der Waals surface area contributed by atoms with Crippen LogP contribution < -0.4 is 5.73 Å². The third kappa shape index (κ3) is 2.66. The standard InChI is InChI=1S/C16H24N2O/c1-4-14(13-8-6-5-7-9-13)15(19)18-10-16(17,11-18)12(2)3/h5-9,12,14H,4,10-11,17H2,1-3H3. The molecule has 0 bridgehead atoms. The van der Waals surface area contributed by atoms with Crippen molar-refractivity contribution < 1.29 is 4.79 Å². The predicted octanol–water partition coefficient (Wildman–Crippen LogP) is 2.38. The first-order chi connectivity index (χ1) is 8.98. The summed E-state index contributed by atoms with van der Waals surface area (Å²) in [6.07, 6.45) is 0.832. The van der Waals surface area contributed by atoms with Gasteiger partial charge in [0, 0.05) is 13.1 Å². The van der Waals surface area contributed by atoms with Gasteiger partial charge in [0.25, 0.3) is 0 Å². The van der Waals surface area contributed by atoms with Crippen LogP contribution >= 0.6 is 0 Å². The van der Waals surface area contributed by atoms with Crippen LogP contribution in [-0.4, -0.2) is 29.4 Å². The lowest BCUT2D eigenvalue weighted by molar-refractivity contribution is -0.141. The minimum absolute atomic E-state index is 0.0297. The molecule has 1 unspecified atom stereocenters. The van der Waals surface area contributed by atoms with Crippen molar-refractivity contribution in [3.63, 3.8) is 0 Å². The van der Waals surface area contributed by atoms with E-state index in [4.69, 9.17) is 5.73 Å². The van der Waals surface area contributed by atoms with Crippen LogP contribution in [0, 0.1) is 5.92 Å². The van der Waals surface area contributed by atoms with E-state index in [9.17, 15) is 4.79 Å². The number of rotatable bonds is 4. The molecule has 0 saturated carbocycles. The number of likely N-dealkylation sites (tertiary alicyclic amines) is 1. The van der Waals surface area contributed by atoms with E-state index >= 15 is 0 Å². The SMILES string of the molecule is CCC(C(=O)N1CC(N)(C(C)C)C1)c1ccccc1. The maximum Gasteiger partial charge on any atom is 0.230 e. The third-order valence-corrected chi connectivity index (χ3v) is 4.34. The zero-order valence-corrected chi connectivity index (χ0v) is 12.1. The fourth-order valence-electron chi connectivity index (χ4n) is 2.64. The van der Waals surface area contributed by atoms with Gasteiger partial charge in [-0.05, 0) is 17.9 Å². The van der Waals surface area contributed by atoms with E-state index in [1.165, 1.54) is 0 Å². The minimum Gasteiger partial charge on any atom is -0.338 e. The van der Waals surface area contributed by atoms with Crippen molar-refractivity contribution in [1.29, 1.82) is 0 Å². The van der Waals surface area contributed by atoms with Crippen molar-refractivity contribution in [2.45, 2.75) is 38.6 Å². The van der Waals surface area contributed by atoms with Gasteiger partial charge in [0.05, 0.1) is 11.5 Å². The van der Waals surface area contributed by atoms with E-state index in [1.54, 1.807) is 0 Å². The van der Waals surface area contributed by atoms with E-state index in [2.05, 4.69) is 20.8 Å². The van der Waals surface area contributed by atoms with Gasteiger partial charge >= 0.3 is 0 Å². The Labute approximate surface area is 115 Å². The van der Waals surface area contributed by atoms with Crippen LogP contribution in [0.25, 0.3) is 0 Å². The minimum atomic E-state index is -0.190. The van der Waals surface area contributed by atoms with Crippen molar-refractivity contribution in [1.82, 2.24) is 4.90 Å². The average molecular weight is 260 g/mol. The van der Waals surface area contributed by atoms with E-state index < -0.39 is 0 Å². The second kappa shape index (κ2) is 5.33. The van der Waals surface area contributed by atoms with Gasteiger partial charge < -0.3 is 10.6 Å². The molecule has 1 aliphatic rings. The van der Waals surface area contributed by atoms with Gasteiger partial charge in [-0.25, -0.2) is 0 Å². The van der Waals surface area contributed by atoms with Gasteiger partial charge in [-0.1, -0.05) is 51.1 Å². The Bertz CT molecular complexity index is 435. The molecule has 3 nitrogen and oxygen atoms in total. The molecular formula is C16H24N2O. The summed E-state index contributed by atoms with van der Waals surface area (Å²) in [5.74, 6) is 0.599. The summed E-state index contributed by atoms with van der Waals surface area (Å²) in [4.78, 5) is 14.4.